The number of phenols is 1. The van der Waals surface area contributed by atoms with E-state index in [4.69, 9.17) is 23.4 Å². The molecule has 7 aliphatic rings. The summed E-state index contributed by atoms with van der Waals surface area (Å²) in [6.07, 6.45) is 1.31. The number of ether oxygens (including phenoxy) is 4. The van der Waals surface area contributed by atoms with Crippen LogP contribution in [0.5, 0.6) is 23.0 Å². The molecule has 268 valence electrons. The molecule has 0 unspecified atom stereocenters. The SMILES string of the molecule is COc1c(C)cc2c(c1O)[C@H]1[C@@H]3[C@@H]4SC[C@]5(NCCc6c5oc5ccccc65)C(=O)OC[C@@H](c5c6c(c(C)c(C)c54)OCO6)N3[C@@H](C#N)[C@@H](C2)N1C. The Morgan fingerprint density at radius 1 is 1.10 bits per heavy atom. The van der Waals surface area contributed by atoms with Crippen LogP contribution in [0.3, 0.4) is 0 Å². The maximum absolute atomic E-state index is 14.7. The smallest absolute Gasteiger partial charge is 0.335 e. The molecule has 8 heterocycles. The highest BCUT2D eigenvalue weighted by Crippen LogP contribution is 2.63. The molecule has 0 aliphatic carbocycles. The second-order valence-corrected chi connectivity index (χ2v) is 16.1. The van der Waals surface area contributed by atoms with E-state index in [0.717, 1.165) is 61.9 Å². The number of esters is 1. The van der Waals surface area contributed by atoms with E-state index < -0.39 is 23.6 Å². The Balaban J connectivity index is 1.23. The highest BCUT2D eigenvalue weighted by Gasteiger charge is 2.61. The molecule has 52 heavy (non-hydrogen) atoms. The van der Waals surface area contributed by atoms with Crippen molar-refractivity contribution in [1.82, 2.24) is 15.1 Å². The third-order valence-electron chi connectivity index (χ3n) is 12.8. The summed E-state index contributed by atoms with van der Waals surface area (Å²) < 4.78 is 31.2. The van der Waals surface area contributed by atoms with E-state index in [1.165, 1.54) is 0 Å². The third-order valence-corrected chi connectivity index (χ3v) is 14.2. The number of nitriles is 1. The molecule has 7 aliphatic heterocycles. The molecule has 4 bridgehead atoms. The van der Waals surface area contributed by atoms with Crippen LogP contribution in [-0.4, -0.2) is 78.9 Å². The second-order valence-electron chi connectivity index (χ2n) is 15.0. The summed E-state index contributed by atoms with van der Waals surface area (Å²) in [5.74, 6) is 2.51. The number of methoxy groups -OCH3 is 1. The van der Waals surface area contributed by atoms with Gasteiger partial charge < -0.3 is 28.5 Å². The number of thioether (sulfide) groups is 1. The fourth-order valence-electron chi connectivity index (χ4n) is 10.4. The van der Waals surface area contributed by atoms with Crippen LogP contribution in [0.2, 0.25) is 0 Å². The number of nitrogens with one attached hydrogen (secondary N) is 1. The lowest BCUT2D eigenvalue weighted by molar-refractivity contribution is -0.158. The Morgan fingerprint density at radius 3 is 2.71 bits per heavy atom. The van der Waals surface area contributed by atoms with Gasteiger partial charge in [0.05, 0.1) is 25.3 Å². The summed E-state index contributed by atoms with van der Waals surface area (Å²) in [6.45, 7) is 6.83. The summed E-state index contributed by atoms with van der Waals surface area (Å²) >= 11 is 1.68. The first-order valence-corrected chi connectivity index (χ1v) is 19.0. The average molecular weight is 721 g/mol. The van der Waals surface area contributed by atoms with Crippen LogP contribution >= 0.6 is 11.8 Å². The van der Waals surface area contributed by atoms with Gasteiger partial charge in [0.2, 0.25) is 6.79 Å². The number of aromatic hydroxyl groups is 1. The Kier molecular flexibility index (Phi) is 7.01. The van der Waals surface area contributed by atoms with Gasteiger partial charge >= 0.3 is 5.97 Å². The van der Waals surface area contributed by atoms with Crippen molar-refractivity contribution >= 4 is 28.7 Å². The zero-order valence-electron chi connectivity index (χ0n) is 29.7. The molecule has 4 aromatic rings. The van der Waals surface area contributed by atoms with Gasteiger partial charge in [-0.25, -0.2) is 4.79 Å². The molecule has 11 rings (SSSR count). The molecule has 3 aromatic carbocycles. The third kappa shape index (κ3) is 4.00. The normalized spacial score (nSPS) is 30.3. The maximum atomic E-state index is 14.7. The van der Waals surface area contributed by atoms with Gasteiger partial charge in [0.15, 0.2) is 28.5 Å². The first kappa shape index (κ1) is 32.3. The number of piperazine rings is 1. The molecule has 12 heteroatoms. The van der Waals surface area contributed by atoms with Crippen molar-refractivity contribution < 1.29 is 33.3 Å². The highest BCUT2D eigenvalue weighted by molar-refractivity contribution is 7.99. The molecule has 7 atom stereocenters. The van der Waals surface area contributed by atoms with Gasteiger partial charge in [-0.3, -0.25) is 15.1 Å². The Labute approximate surface area is 305 Å². The van der Waals surface area contributed by atoms with E-state index in [0.29, 0.717) is 41.7 Å². The van der Waals surface area contributed by atoms with Crippen LogP contribution in [0, 0.1) is 32.1 Å². The zero-order chi connectivity index (χ0) is 35.8. The Morgan fingerprint density at radius 2 is 1.90 bits per heavy atom. The van der Waals surface area contributed by atoms with Crippen LogP contribution in [0.1, 0.15) is 67.6 Å². The van der Waals surface area contributed by atoms with Crippen LogP contribution in [-0.2, 0) is 27.9 Å². The standard InChI is InChI=1S/C40H40N4O7S/c1-18-12-21-13-24-25(14-41)44-26-15-48-39(46)40(38-23(10-11-42-40)22-8-6-7-9-27(22)51-38)16-52-37(28-19(2)20(3)35-36(30(26)28)50-17-49-35)32(44)31(43(24)4)29(21)33(45)34(18)47-5/h6-9,12,24-26,31-32,37,42,45H,10-11,13,15-17H2,1-5H3/t24-,25+,26+,31+,32-,37-,40-/m1/s1. The van der Waals surface area contributed by atoms with Crippen molar-refractivity contribution in [2.75, 3.05) is 39.9 Å². The lowest BCUT2D eigenvalue weighted by Crippen LogP contribution is -2.69. The number of fused-ring (bicyclic) bond motifs is 11. The van der Waals surface area contributed by atoms with Crippen LogP contribution in [0.4, 0.5) is 0 Å². The first-order chi connectivity index (χ1) is 25.2. The minimum Gasteiger partial charge on any atom is -0.504 e. The zero-order valence-corrected chi connectivity index (χ0v) is 30.6. The molecular formula is C40H40N4O7S. The lowest BCUT2D eigenvalue weighted by Gasteiger charge is -2.62. The fourth-order valence-corrected chi connectivity index (χ4v) is 12.1. The molecular weight excluding hydrogens is 681 g/mol. The number of aryl methyl sites for hydroxylation is 1. The summed E-state index contributed by atoms with van der Waals surface area (Å²) in [5, 5.41) is 27.5. The lowest BCUT2D eigenvalue weighted by atomic mass is 9.71. The number of phenolic OH excluding ortho intramolecular Hbond substituents is 1. The number of rotatable bonds is 1. The monoisotopic (exact) mass is 720 g/mol. The summed E-state index contributed by atoms with van der Waals surface area (Å²) in [7, 11) is 3.67. The van der Waals surface area contributed by atoms with Gasteiger partial charge in [-0.2, -0.15) is 5.26 Å². The first-order valence-electron chi connectivity index (χ1n) is 18.0. The van der Waals surface area contributed by atoms with Crippen molar-refractivity contribution in [3.8, 4) is 29.1 Å². The quantitative estimate of drug-likeness (QED) is 0.244. The predicted molar refractivity (Wildman–Crippen MR) is 193 cm³/mol. The minimum absolute atomic E-state index is 0.00555. The summed E-state index contributed by atoms with van der Waals surface area (Å²) in [6, 6.07) is 10.9. The Bertz CT molecular complexity index is 2260. The van der Waals surface area contributed by atoms with Crippen molar-refractivity contribution in [3.05, 3.63) is 80.6 Å². The van der Waals surface area contributed by atoms with Gasteiger partial charge in [0.1, 0.15) is 24.0 Å². The number of para-hydroxylation sites is 1. The molecule has 0 radical (unpaired) electrons. The van der Waals surface area contributed by atoms with E-state index in [-0.39, 0.29) is 42.5 Å². The van der Waals surface area contributed by atoms with Crippen LogP contribution in [0.25, 0.3) is 11.0 Å². The number of benzene rings is 3. The summed E-state index contributed by atoms with van der Waals surface area (Å²) in [5.41, 5.74) is 7.39. The number of furan rings is 1. The van der Waals surface area contributed by atoms with Crippen molar-refractivity contribution in [2.24, 2.45) is 0 Å². The van der Waals surface area contributed by atoms with Gasteiger partial charge in [0, 0.05) is 51.7 Å². The topological polar surface area (TPSA) is 130 Å². The second kappa shape index (κ2) is 11.3. The maximum Gasteiger partial charge on any atom is 0.335 e. The molecule has 2 N–H and O–H groups in total. The van der Waals surface area contributed by atoms with E-state index >= 15 is 0 Å². The van der Waals surface area contributed by atoms with Crippen molar-refractivity contribution in [2.45, 2.75) is 74.6 Å². The van der Waals surface area contributed by atoms with E-state index in [9.17, 15) is 15.2 Å². The van der Waals surface area contributed by atoms with Gasteiger partial charge in [-0.1, -0.05) is 24.3 Å². The predicted octanol–water partition coefficient (Wildman–Crippen LogP) is 5.40. The summed E-state index contributed by atoms with van der Waals surface area (Å²) in [4.78, 5) is 19.3. The molecule has 11 nitrogen and oxygen atoms in total. The van der Waals surface area contributed by atoms with Crippen molar-refractivity contribution in [1.29, 1.82) is 5.26 Å². The van der Waals surface area contributed by atoms with Crippen LogP contribution in [0.15, 0.2) is 34.7 Å². The molecule has 1 aromatic heterocycles. The number of likely N-dealkylation sites (N-methyl/N-ethyl adjacent to an activating group) is 1. The molecule has 0 saturated carbocycles. The van der Waals surface area contributed by atoms with Crippen LogP contribution < -0.4 is 19.5 Å². The fraction of sp³-hybridized carbons (Fsp3) is 0.450. The Hall–Kier alpha value is -4.41. The van der Waals surface area contributed by atoms with E-state index in [2.05, 4.69) is 54.2 Å². The number of carbonyl (C=O) groups excluding carboxylic acids is 1. The van der Waals surface area contributed by atoms with E-state index in [1.54, 1.807) is 18.9 Å². The number of hydrogen-bond acceptors (Lipinski definition) is 12. The number of hydrogen-bond donors (Lipinski definition) is 2. The van der Waals surface area contributed by atoms with E-state index in [1.807, 2.05) is 25.1 Å². The molecule has 1 spiro atoms. The molecule has 0 amide bonds. The highest BCUT2D eigenvalue weighted by atomic mass is 32.2. The largest absolute Gasteiger partial charge is 0.504 e. The molecule has 2 saturated heterocycles. The number of nitrogens with zero attached hydrogens (tertiary/aromatic N) is 3. The van der Waals surface area contributed by atoms with Gasteiger partial charge in [0.25, 0.3) is 0 Å². The average Bonchev–Trinajstić information content (AvgIpc) is 3.78. The van der Waals surface area contributed by atoms with Gasteiger partial charge in [-0.05, 0) is 74.5 Å². The van der Waals surface area contributed by atoms with Gasteiger partial charge in [-0.15, -0.1) is 11.8 Å². The molecule has 2 fully saturated rings. The number of carbonyl (C=O) groups is 1. The van der Waals surface area contributed by atoms with Crippen molar-refractivity contribution in [3.63, 3.8) is 0 Å². The minimum atomic E-state index is -1.23.